The Bertz CT molecular complexity index is 379. The quantitative estimate of drug-likeness (QED) is 0.701. The fourth-order valence-corrected chi connectivity index (χ4v) is 1.38. The highest BCUT2D eigenvalue weighted by Gasteiger charge is 2.12. The second kappa shape index (κ2) is 5.48. The van der Waals surface area contributed by atoms with Crippen LogP contribution in [-0.2, 0) is 4.79 Å². The zero-order valence-electron chi connectivity index (χ0n) is 9.36. The number of benzene rings is 1. The van der Waals surface area contributed by atoms with Crippen molar-refractivity contribution in [2.24, 2.45) is 5.73 Å². The minimum atomic E-state index is -0.798. The fourth-order valence-electron chi connectivity index (χ4n) is 1.38. The number of nitrogens with two attached hydrogens (primary N) is 1. The predicted octanol–water partition coefficient (Wildman–Crippen LogP) is 0.646. The molecule has 1 aromatic carbocycles. The Kier molecular flexibility index (Phi) is 4.28. The fraction of sp³-hybridized carbons (Fsp3) is 0.364. The molecule has 0 spiro atoms. The van der Waals surface area contributed by atoms with E-state index >= 15 is 0 Å². The second-order valence-corrected chi connectivity index (χ2v) is 3.39. The Morgan fingerprint density at radius 3 is 2.81 bits per heavy atom. The highest BCUT2D eigenvalue weighted by atomic mass is 16.5. The molecule has 0 aliphatic heterocycles. The van der Waals surface area contributed by atoms with Gasteiger partial charge in [0.2, 0.25) is 5.91 Å². The van der Waals surface area contributed by atoms with E-state index in [1.165, 1.54) is 14.0 Å². The van der Waals surface area contributed by atoms with Gasteiger partial charge in [-0.15, -0.1) is 0 Å². The summed E-state index contributed by atoms with van der Waals surface area (Å²) in [6, 6.07) is 5.04. The summed E-state index contributed by atoms with van der Waals surface area (Å²) < 4.78 is 5.04. The summed E-state index contributed by atoms with van der Waals surface area (Å²) in [4.78, 5) is 11.0. The number of hydrogen-bond acceptors (Lipinski definition) is 4. The lowest BCUT2D eigenvalue weighted by Gasteiger charge is -2.15. The van der Waals surface area contributed by atoms with Gasteiger partial charge < -0.3 is 20.9 Å². The molecule has 16 heavy (non-hydrogen) atoms. The van der Waals surface area contributed by atoms with E-state index in [0.29, 0.717) is 17.0 Å². The maximum absolute atomic E-state index is 11.0. The zero-order valence-corrected chi connectivity index (χ0v) is 9.36. The first kappa shape index (κ1) is 12.5. The first-order valence-electron chi connectivity index (χ1n) is 4.92. The van der Waals surface area contributed by atoms with Crippen LogP contribution in [0.4, 0.5) is 5.69 Å². The molecule has 0 saturated carbocycles. The van der Waals surface area contributed by atoms with Gasteiger partial charge in [0.1, 0.15) is 5.75 Å². The predicted molar refractivity (Wildman–Crippen MR) is 61.3 cm³/mol. The molecule has 0 aliphatic carbocycles. The normalized spacial score (nSPS) is 12.0. The Morgan fingerprint density at radius 2 is 2.31 bits per heavy atom. The van der Waals surface area contributed by atoms with Crippen LogP contribution in [0.3, 0.4) is 0 Å². The molecule has 5 nitrogen and oxygen atoms in total. The summed E-state index contributed by atoms with van der Waals surface area (Å²) in [5, 5.41) is 12.3. The van der Waals surface area contributed by atoms with Crippen LogP contribution < -0.4 is 15.8 Å². The molecule has 0 bridgehead atoms. The van der Waals surface area contributed by atoms with Gasteiger partial charge in [-0.05, 0) is 6.07 Å². The molecular weight excluding hydrogens is 208 g/mol. The molecule has 0 saturated heterocycles. The van der Waals surface area contributed by atoms with Crippen molar-refractivity contribution in [1.29, 1.82) is 0 Å². The highest BCUT2D eigenvalue weighted by molar-refractivity contribution is 5.89. The molecule has 1 unspecified atom stereocenters. The molecule has 0 aromatic heterocycles. The molecule has 0 radical (unpaired) electrons. The van der Waals surface area contributed by atoms with E-state index in [1.54, 1.807) is 18.2 Å². The molecule has 1 atom stereocenters. The number of aliphatic hydroxyl groups excluding tert-OH is 1. The van der Waals surface area contributed by atoms with Crippen molar-refractivity contribution in [3.63, 3.8) is 0 Å². The number of amides is 1. The first-order chi connectivity index (χ1) is 7.58. The summed E-state index contributed by atoms with van der Waals surface area (Å²) >= 11 is 0. The van der Waals surface area contributed by atoms with Crippen molar-refractivity contribution < 1.29 is 14.6 Å². The minimum absolute atomic E-state index is 0.0961. The van der Waals surface area contributed by atoms with E-state index in [9.17, 15) is 9.90 Å². The lowest BCUT2D eigenvalue weighted by atomic mass is 10.1. The van der Waals surface area contributed by atoms with E-state index in [-0.39, 0.29) is 12.5 Å². The van der Waals surface area contributed by atoms with Crippen LogP contribution in [0, 0.1) is 0 Å². The van der Waals surface area contributed by atoms with Gasteiger partial charge in [-0.1, -0.05) is 6.07 Å². The van der Waals surface area contributed by atoms with E-state index in [1.807, 2.05) is 0 Å². The molecule has 1 rings (SSSR count). The Hall–Kier alpha value is -1.59. The molecule has 0 fully saturated rings. The van der Waals surface area contributed by atoms with E-state index in [0.717, 1.165) is 0 Å². The number of anilines is 1. The monoisotopic (exact) mass is 224 g/mol. The van der Waals surface area contributed by atoms with Gasteiger partial charge in [-0.25, -0.2) is 0 Å². The Labute approximate surface area is 94.2 Å². The molecule has 4 N–H and O–H groups in total. The summed E-state index contributed by atoms with van der Waals surface area (Å²) in [6.07, 6.45) is -0.798. The smallest absolute Gasteiger partial charge is 0.221 e. The van der Waals surface area contributed by atoms with Crippen LogP contribution in [0.1, 0.15) is 18.6 Å². The highest BCUT2D eigenvalue weighted by Crippen LogP contribution is 2.27. The molecule has 1 amide bonds. The average molecular weight is 224 g/mol. The van der Waals surface area contributed by atoms with Crippen LogP contribution in [0.5, 0.6) is 5.75 Å². The molecular formula is C11H16N2O3. The first-order valence-corrected chi connectivity index (χ1v) is 4.92. The molecule has 5 heteroatoms. The topological polar surface area (TPSA) is 84.6 Å². The maximum atomic E-state index is 11.0. The van der Waals surface area contributed by atoms with Gasteiger partial charge in [0, 0.05) is 25.1 Å². The third-order valence-corrected chi connectivity index (χ3v) is 2.15. The minimum Gasteiger partial charge on any atom is -0.497 e. The number of carbonyl (C=O) groups excluding carboxylic acids is 1. The lowest BCUT2D eigenvalue weighted by molar-refractivity contribution is -0.114. The van der Waals surface area contributed by atoms with E-state index in [4.69, 9.17) is 10.5 Å². The van der Waals surface area contributed by atoms with Crippen molar-refractivity contribution >= 4 is 11.6 Å². The number of rotatable bonds is 4. The van der Waals surface area contributed by atoms with Gasteiger partial charge in [-0.2, -0.15) is 0 Å². The number of methoxy groups -OCH3 is 1. The summed E-state index contributed by atoms with van der Waals surface area (Å²) in [6.45, 7) is 1.50. The summed E-state index contributed by atoms with van der Waals surface area (Å²) in [5.41, 5.74) is 6.48. The number of ether oxygens (including phenoxy) is 1. The summed E-state index contributed by atoms with van der Waals surface area (Å²) in [7, 11) is 1.53. The lowest BCUT2D eigenvalue weighted by Crippen LogP contribution is -2.15. The Balaban J connectivity index is 3.10. The van der Waals surface area contributed by atoms with E-state index in [2.05, 4.69) is 5.32 Å². The number of carbonyl (C=O) groups is 1. The van der Waals surface area contributed by atoms with E-state index < -0.39 is 6.10 Å². The van der Waals surface area contributed by atoms with Crippen molar-refractivity contribution in [2.45, 2.75) is 13.0 Å². The van der Waals surface area contributed by atoms with Crippen LogP contribution in [0.15, 0.2) is 18.2 Å². The third-order valence-electron chi connectivity index (χ3n) is 2.15. The maximum Gasteiger partial charge on any atom is 0.221 e. The zero-order chi connectivity index (χ0) is 12.1. The second-order valence-electron chi connectivity index (χ2n) is 3.39. The van der Waals surface area contributed by atoms with Gasteiger partial charge in [-0.3, -0.25) is 4.79 Å². The molecule has 1 aromatic rings. The van der Waals surface area contributed by atoms with Crippen LogP contribution in [-0.4, -0.2) is 24.7 Å². The van der Waals surface area contributed by atoms with Crippen LogP contribution in [0.2, 0.25) is 0 Å². The van der Waals surface area contributed by atoms with Crippen molar-refractivity contribution in [1.82, 2.24) is 0 Å². The molecule has 88 valence electrons. The average Bonchev–Trinajstić information content (AvgIpc) is 2.27. The van der Waals surface area contributed by atoms with Gasteiger partial charge in [0.05, 0.1) is 18.9 Å². The van der Waals surface area contributed by atoms with Crippen molar-refractivity contribution in [3.8, 4) is 5.75 Å². The summed E-state index contributed by atoms with van der Waals surface area (Å²) in [5.74, 6) is 0.399. The molecule has 0 aliphatic rings. The van der Waals surface area contributed by atoms with Gasteiger partial charge in [0.25, 0.3) is 0 Å². The van der Waals surface area contributed by atoms with Crippen molar-refractivity contribution in [3.05, 3.63) is 23.8 Å². The van der Waals surface area contributed by atoms with Crippen molar-refractivity contribution in [2.75, 3.05) is 19.0 Å². The number of aliphatic hydroxyl groups is 1. The third kappa shape index (κ3) is 2.95. The number of hydrogen-bond donors (Lipinski definition) is 3. The van der Waals surface area contributed by atoms with Crippen LogP contribution >= 0.6 is 0 Å². The SMILES string of the molecule is COc1ccc(C(O)CN)c(NC(C)=O)c1. The number of nitrogens with one attached hydrogen (secondary N) is 1. The molecule has 0 heterocycles. The van der Waals surface area contributed by atoms with Gasteiger partial charge >= 0.3 is 0 Å². The Morgan fingerprint density at radius 1 is 1.62 bits per heavy atom. The largest absolute Gasteiger partial charge is 0.497 e. The van der Waals surface area contributed by atoms with Gasteiger partial charge in [0.15, 0.2) is 0 Å². The standard InChI is InChI=1S/C11H16N2O3/c1-7(14)13-10-5-8(16-2)3-4-9(10)11(15)6-12/h3-5,11,15H,6,12H2,1-2H3,(H,13,14). The van der Waals surface area contributed by atoms with Crippen LogP contribution in [0.25, 0.3) is 0 Å².